The third kappa shape index (κ3) is 3.65. The van der Waals surface area contributed by atoms with Gasteiger partial charge >= 0.3 is 5.97 Å². The molecule has 0 fully saturated rings. The Balaban J connectivity index is 2.41. The number of carbonyl (C=O) groups is 1. The minimum Gasteiger partial charge on any atom is -0.496 e. The van der Waals surface area contributed by atoms with Crippen molar-refractivity contribution >= 4 is 5.97 Å². The van der Waals surface area contributed by atoms with Gasteiger partial charge in [0.2, 0.25) is 0 Å². The highest BCUT2D eigenvalue weighted by Crippen LogP contribution is 2.31. The Bertz CT molecular complexity index is 640. The van der Waals surface area contributed by atoms with E-state index in [-0.39, 0.29) is 18.6 Å². The molecule has 4 heteroatoms. The van der Waals surface area contributed by atoms with E-state index in [4.69, 9.17) is 9.47 Å². The Hall–Kier alpha value is -2.33. The van der Waals surface area contributed by atoms with Gasteiger partial charge in [-0.2, -0.15) is 0 Å². The molecule has 2 aromatic rings. The zero-order valence-corrected chi connectivity index (χ0v) is 13.1. The van der Waals surface area contributed by atoms with Crippen molar-refractivity contribution in [3.63, 3.8) is 0 Å². The Morgan fingerprint density at radius 2 is 1.68 bits per heavy atom. The summed E-state index contributed by atoms with van der Waals surface area (Å²) >= 11 is 0. The molecular formula is C18H21NO3. The number of benzene rings is 2. The molecule has 0 radical (unpaired) electrons. The maximum atomic E-state index is 11.5. The minimum atomic E-state index is -0.298. The average Bonchev–Trinajstić information content (AvgIpc) is 2.56. The molecule has 0 saturated heterocycles. The molecule has 2 aromatic carbocycles. The number of hydrogen-bond acceptors (Lipinski definition) is 4. The molecule has 0 spiro atoms. The standard InChI is InChI=1S/C18H21NO3/c1-13-8-4-5-9-14(13)18(19-12-17(20)22-3)15-10-6-7-11-16(15)21-2/h4-11,18-19H,12H2,1-3H3. The molecule has 22 heavy (non-hydrogen) atoms. The number of esters is 1. The highest BCUT2D eigenvalue weighted by atomic mass is 16.5. The lowest BCUT2D eigenvalue weighted by Gasteiger charge is -2.23. The Labute approximate surface area is 131 Å². The van der Waals surface area contributed by atoms with E-state index in [0.29, 0.717) is 0 Å². The van der Waals surface area contributed by atoms with E-state index in [1.54, 1.807) is 7.11 Å². The summed E-state index contributed by atoms with van der Waals surface area (Å²) in [5, 5.41) is 3.26. The summed E-state index contributed by atoms with van der Waals surface area (Å²) in [5.74, 6) is 0.488. The molecule has 0 bridgehead atoms. The number of methoxy groups -OCH3 is 2. The summed E-state index contributed by atoms with van der Waals surface area (Å²) in [5.41, 5.74) is 3.25. The minimum absolute atomic E-state index is 0.132. The molecule has 0 aliphatic rings. The molecular weight excluding hydrogens is 278 g/mol. The van der Waals surface area contributed by atoms with E-state index in [1.165, 1.54) is 7.11 Å². The van der Waals surface area contributed by atoms with Crippen LogP contribution in [0.5, 0.6) is 5.75 Å². The number of aryl methyl sites for hydroxylation is 1. The smallest absolute Gasteiger partial charge is 0.319 e. The second-order valence-electron chi connectivity index (χ2n) is 4.99. The maximum absolute atomic E-state index is 11.5. The summed E-state index contributed by atoms with van der Waals surface area (Å²) in [6.45, 7) is 2.19. The molecule has 0 aliphatic heterocycles. The van der Waals surface area contributed by atoms with Crippen LogP contribution in [0.25, 0.3) is 0 Å². The lowest BCUT2D eigenvalue weighted by Crippen LogP contribution is -2.29. The van der Waals surface area contributed by atoms with Crippen LogP contribution in [-0.4, -0.2) is 26.7 Å². The lowest BCUT2D eigenvalue weighted by atomic mass is 9.94. The van der Waals surface area contributed by atoms with Gasteiger partial charge in [0.25, 0.3) is 0 Å². The molecule has 116 valence electrons. The predicted molar refractivity (Wildman–Crippen MR) is 86.0 cm³/mol. The van der Waals surface area contributed by atoms with Crippen LogP contribution in [0.3, 0.4) is 0 Å². The molecule has 0 saturated carbocycles. The summed E-state index contributed by atoms with van der Waals surface area (Å²) in [4.78, 5) is 11.5. The monoisotopic (exact) mass is 299 g/mol. The van der Waals surface area contributed by atoms with Gasteiger partial charge in [-0.3, -0.25) is 10.1 Å². The van der Waals surface area contributed by atoms with Gasteiger partial charge in [0.1, 0.15) is 5.75 Å². The Kier molecular flexibility index (Phi) is 5.55. The summed E-state index contributed by atoms with van der Waals surface area (Å²) in [6.07, 6.45) is 0. The van der Waals surface area contributed by atoms with E-state index in [2.05, 4.69) is 24.4 Å². The van der Waals surface area contributed by atoms with Gasteiger partial charge in [-0.1, -0.05) is 42.5 Å². The molecule has 2 rings (SSSR count). The Morgan fingerprint density at radius 1 is 1.05 bits per heavy atom. The van der Waals surface area contributed by atoms with Crippen LogP contribution in [0.15, 0.2) is 48.5 Å². The van der Waals surface area contributed by atoms with Crippen LogP contribution in [0, 0.1) is 6.92 Å². The van der Waals surface area contributed by atoms with Crippen molar-refractivity contribution in [2.45, 2.75) is 13.0 Å². The first-order valence-electron chi connectivity index (χ1n) is 7.16. The number of nitrogens with one attached hydrogen (secondary N) is 1. The topological polar surface area (TPSA) is 47.6 Å². The van der Waals surface area contributed by atoms with Crippen molar-refractivity contribution in [3.8, 4) is 5.75 Å². The molecule has 4 nitrogen and oxygen atoms in total. The number of carbonyl (C=O) groups excluding carboxylic acids is 1. The van der Waals surface area contributed by atoms with Crippen molar-refractivity contribution in [2.24, 2.45) is 0 Å². The first kappa shape index (κ1) is 16.0. The van der Waals surface area contributed by atoms with Crippen LogP contribution < -0.4 is 10.1 Å². The summed E-state index contributed by atoms with van der Waals surface area (Å²) < 4.78 is 10.2. The van der Waals surface area contributed by atoms with E-state index < -0.39 is 0 Å². The third-order valence-electron chi connectivity index (χ3n) is 3.63. The predicted octanol–water partition coefficient (Wildman–Crippen LogP) is 2.86. The van der Waals surface area contributed by atoms with E-state index in [9.17, 15) is 4.79 Å². The summed E-state index contributed by atoms with van der Waals surface area (Å²) in [7, 11) is 3.03. The molecule has 0 aliphatic carbocycles. The first-order valence-corrected chi connectivity index (χ1v) is 7.16. The van der Waals surface area contributed by atoms with Crippen LogP contribution in [0.1, 0.15) is 22.7 Å². The van der Waals surface area contributed by atoms with Crippen LogP contribution in [0.4, 0.5) is 0 Å². The quantitative estimate of drug-likeness (QED) is 0.833. The van der Waals surface area contributed by atoms with Gasteiger partial charge in [-0.15, -0.1) is 0 Å². The summed E-state index contributed by atoms with van der Waals surface area (Å²) in [6, 6.07) is 15.8. The number of rotatable bonds is 6. The largest absolute Gasteiger partial charge is 0.496 e. The fourth-order valence-corrected chi connectivity index (χ4v) is 2.46. The zero-order chi connectivity index (χ0) is 15.9. The molecule has 0 heterocycles. The van der Waals surface area contributed by atoms with Gasteiger partial charge in [-0.05, 0) is 24.1 Å². The van der Waals surface area contributed by atoms with Crippen molar-refractivity contribution in [3.05, 3.63) is 65.2 Å². The number of para-hydroxylation sites is 1. The maximum Gasteiger partial charge on any atom is 0.319 e. The van der Waals surface area contributed by atoms with Gasteiger partial charge in [0.05, 0.1) is 26.8 Å². The van der Waals surface area contributed by atoms with E-state index in [0.717, 1.165) is 22.4 Å². The highest BCUT2D eigenvalue weighted by Gasteiger charge is 2.20. The van der Waals surface area contributed by atoms with Gasteiger partial charge < -0.3 is 9.47 Å². The van der Waals surface area contributed by atoms with E-state index in [1.807, 2.05) is 36.4 Å². The second-order valence-corrected chi connectivity index (χ2v) is 4.99. The molecule has 1 N–H and O–H groups in total. The first-order chi connectivity index (χ1) is 10.7. The molecule has 0 aromatic heterocycles. The Morgan fingerprint density at radius 3 is 2.32 bits per heavy atom. The zero-order valence-electron chi connectivity index (χ0n) is 13.1. The van der Waals surface area contributed by atoms with Crippen LogP contribution in [0.2, 0.25) is 0 Å². The number of hydrogen-bond donors (Lipinski definition) is 1. The van der Waals surface area contributed by atoms with Crippen molar-refractivity contribution in [1.29, 1.82) is 0 Å². The number of ether oxygens (including phenoxy) is 2. The van der Waals surface area contributed by atoms with Crippen molar-refractivity contribution < 1.29 is 14.3 Å². The van der Waals surface area contributed by atoms with Gasteiger partial charge in [0.15, 0.2) is 0 Å². The average molecular weight is 299 g/mol. The van der Waals surface area contributed by atoms with Crippen molar-refractivity contribution in [2.75, 3.05) is 20.8 Å². The van der Waals surface area contributed by atoms with Crippen LogP contribution in [-0.2, 0) is 9.53 Å². The van der Waals surface area contributed by atoms with Crippen LogP contribution >= 0.6 is 0 Å². The SMILES string of the molecule is COC(=O)CNC(c1ccccc1C)c1ccccc1OC. The third-order valence-corrected chi connectivity index (χ3v) is 3.63. The molecule has 1 unspecified atom stereocenters. The van der Waals surface area contributed by atoms with E-state index >= 15 is 0 Å². The highest BCUT2D eigenvalue weighted by molar-refractivity contribution is 5.71. The molecule has 0 amide bonds. The fourth-order valence-electron chi connectivity index (χ4n) is 2.46. The fraction of sp³-hybridized carbons (Fsp3) is 0.278. The van der Waals surface area contributed by atoms with Gasteiger partial charge in [0, 0.05) is 5.56 Å². The second kappa shape index (κ2) is 7.61. The van der Waals surface area contributed by atoms with Crippen molar-refractivity contribution in [1.82, 2.24) is 5.32 Å². The molecule has 1 atom stereocenters. The normalized spacial score (nSPS) is 11.8. The lowest BCUT2D eigenvalue weighted by molar-refractivity contribution is -0.139. The van der Waals surface area contributed by atoms with Gasteiger partial charge in [-0.25, -0.2) is 0 Å².